The molecular formula is C23H21NO3. The fourth-order valence-electron chi connectivity index (χ4n) is 2.76. The third kappa shape index (κ3) is 4.82. The van der Waals surface area contributed by atoms with Gasteiger partial charge in [-0.25, -0.2) is 0 Å². The van der Waals surface area contributed by atoms with Gasteiger partial charge in [0.25, 0.3) is 5.91 Å². The molecule has 0 radical (unpaired) electrons. The van der Waals surface area contributed by atoms with Gasteiger partial charge in [0.15, 0.2) is 12.4 Å². The molecule has 0 heterocycles. The van der Waals surface area contributed by atoms with Crippen LogP contribution < -0.4 is 10.1 Å². The summed E-state index contributed by atoms with van der Waals surface area (Å²) < 4.78 is 5.58. The summed E-state index contributed by atoms with van der Waals surface area (Å²) in [6.07, 6.45) is 0. The van der Waals surface area contributed by atoms with E-state index in [9.17, 15) is 9.59 Å². The minimum Gasteiger partial charge on any atom is -0.483 e. The van der Waals surface area contributed by atoms with Crippen molar-refractivity contribution in [3.8, 4) is 5.75 Å². The number of ether oxygens (including phenoxy) is 1. The van der Waals surface area contributed by atoms with Gasteiger partial charge in [-0.2, -0.15) is 0 Å². The average molecular weight is 359 g/mol. The Hall–Kier alpha value is -3.40. The van der Waals surface area contributed by atoms with Gasteiger partial charge >= 0.3 is 0 Å². The molecule has 0 bridgehead atoms. The summed E-state index contributed by atoms with van der Waals surface area (Å²) >= 11 is 0. The van der Waals surface area contributed by atoms with Crippen molar-refractivity contribution in [3.05, 3.63) is 95.1 Å². The van der Waals surface area contributed by atoms with Crippen LogP contribution in [0.3, 0.4) is 0 Å². The fourth-order valence-corrected chi connectivity index (χ4v) is 2.76. The number of hydrogen-bond acceptors (Lipinski definition) is 3. The maximum absolute atomic E-state index is 12.4. The maximum Gasteiger partial charge on any atom is 0.262 e. The normalized spacial score (nSPS) is 10.3. The molecule has 3 rings (SSSR count). The molecule has 4 nitrogen and oxygen atoms in total. The van der Waals surface area contributed by atoms with Crippen LogP contribution in [-0.4, -0.2) is 18.3 Å². The number of carbonyl (C=O) groups is 2. The van der Waals surface area contributed by atoms with Crippen LogP contribution in [0, 0.1) is 13.8 Å². The third-order valence-corrected chi connectivity index (χ3v) is 4.16. The van der Waals surface area contributed by atoms with Gasteiger partial charge in [-0.05, 0) is 49.7 Å². The molecule has 0 saturated carbocycles. The van der Waals surface area contributed by atoms with Gasteiger partial charge in [-0.1, -0.05) is 48.0 Å². The van der Waals surface area contributed by atoms with Crippen molar-refractivity contribution in [1.82, 2.24) is 0 Å². The second-order valence-electron chi connectivity index (χ2n) is 6.38. The summed E-state index contributed by atoms with van der Waals surface area (Å²) in [5, 5.41) is 2.77. The minimum atomic E-state index is -0.253. The lowest BCUT2D eigenvalue weighted by Gasteiger charge is -2.10. The third-order valence-electron chi connectivity index (χ3n) is 4.16. The predicted octanol–water partition coefficient (Wildman–Crippen LogP) is 4.55. The highest BCUT2D eigenvalue weighted by atomic mass is 16.5. The molecule has 0 aliphatic rings. The van der Waals surface area contributed by atoms with Crippen LogP contribution in [0.1, 0.15) is 27.0 Å². The highest BCUT2D eigenvalue weighted by Crippen LogP contribution is 2.19. The van der Waals surface area contributed by atoms with Crippen LogP contribution in [0.15, 0.2) is 72.8 Å². The van der Waals surface area contributed by atoms with Crippen LogP contribution in [0.4, 0.5) is 5.69 Å². The number of hydrogen-bond donors (Lipinski definition) is 1. The fraction of sp³-hybridized carbons (Fsp3) is 0.130. The molecule has 0 aromatic heterocycles. The summed E-state index contributed by atoms with van der Waals surface area (Å²) in [4.78, 5) is 24.5. The quantitative estimate of drug-likeness (QED) is 0.657. The molecule has 4 heteroatoms. The summed E-state index contributed by atoms with van der Waals surface area (Å²) in [6, 6.07) is 21.7. The second kappa shape index (κ2) is 8.32. The van der Waals surface area contributed by atoms with Gasteiger partial charge in [-0.15, -0.1) is 0 Å². The number of nitrogens with one attached hydrogen (secondary N) is 1. The molecule has 3 aromatic carbocycles. The predicted molar refractivity (Wildman–Crippen MR) is 106 cm³/mol. The molecule has 0 aliphatic heterocycles. The highest BCUT2D eigenvalue weighted by molar-refractivity contribution is 6.09. The molecular weight excluding hydrogens is 338 g/mol. The smallest absolute Gasteiger partial charge is 0.262 e. The van der Waals surface area contributed by atoms with Crippen molar-refractivity contribution in [1.29, 1.82) is 0 Å². The lowest BCUT2D eigenvalue weighted by molar-refractivity contribution is -0.118. The molecule has 0 fully saturated rings. The van der Waals surface area contributed by atoms with E-state index < -0.39 is 0 Å². The molecule has 136 valence electrons. The summed E-state index contributed by atoms with van der Waals surface area (Å²) in [6.45, 7) is 3.88. The first kappa shape index (κ1) is 18.4. The van der Waals surface area contributed by atoms with Gasteiger partial charge in [0, 0.05) is 16.8 Å². The Bertz CT molecular complexity index is 947. The van der Waals surface area contributed by atoms with Crippen molar-refractivity contribution in [2.24, 2.45) is 0 Å². The van der Waals surface area contributed by atoms with Crippen molar-refractivity contribution >= 4 is 17.4 Å². The van der Waals surface area contributed by atoms with E-state index >= 15 is 0 Å². The molecule has 0 spiro atoms. The lowest BCUT2D eigenvalue weighted by Crippen LogP contribution is -2.20. The van der Waals surface area contributed by atoms with E-state index in [0.29, 0.717) is 22.6 Å². The van der Waals surface area contributed by atoms with E-state index in [4.69, 9.17) is 4.74 Å². The van der Waals surface area contributed by atoms with Crippen molar-refractivity contribution in [2.75, 3.05) is 11.9 Å². The second-order valence-corrected chi connectivity index (χ2v) is 6.38. The van der Waals surface area contributed by atoms with Crippen molar-refractivity contribution in [3.63, 3.8) is 0 Å². The highest BCUT2D eigenvalue weighted by Gasteiger charge is 2.09. The number of benzene rings is 3. The molecule has 0 atom stereocenters. The van der Waals surface area contributed by atoms with Crippen LogP contribution >= 0.6 is 0 Å². The Morgan fingerprint density at radius 2 is 1.52 bits per heavy atom. The summed E-state index contributed by atoms with van der Waals surface area (Å²) in [5.74, 6) is 0.392. The van der Waals surface area contributed by atoms with Crippen molar-refractivity contribution in [2.45, 2.75) is 13.8 Å². The zero-order valence-corrected chi connectivity index (χ0v) is 15.4. The standard InChI is InChI=1S/C23H21NO3/c1-16-8-13-21(17(2)14-16)27-15-22(25)24-20-11-9-19(10-12-20)23(26)18-6-4-3-5-7-18/h3-14H,15H2,1-2H3,(H,24,25). The van der Waals surface area contributed by atoms with E-state index in [2.05, 4.69) is 5.32 Å². The summed E-state index contributed by atoms with van der Waals surface area (Å²) in [5.41, 5.74) is 3.97. The SMILES string of the molecule is Cc1ccc(OCC(=O)Nc2ccc(C(=O)c3ccccc3)cc2)c(C)c1. The van der Waals surface area contributed by atoms with E-state index in [-0.39, 0.29) is 18.3 Å². The van der Waals surface area contributed by atoms with E-state index in [1.165, 1.54) is 0 Å². The zero-order chi connectivity index (χ0) is 19.2. The van der Waals surface area contributed by atoms with Gasteiger partial charge in [0.05, 0.1) is 0 Å². The minimum absolute atomic E-state index is 0.0494. The van der Waals surface area contributed by atoms with Gasteiger partial charge in [0.1, 0.15) is 5.75 Å². The van der Waals surface area contributed by atoms with E-state index in [1.54, 1.807) is 36.4 Å². The van der Waals surface area contributed by atoms with E-state index in [0.717, 1.165) is 11.1 Å². The number of rotatable bonds is 6. The van der Waals surface area contributed by atoms with Gasteiger partial charge in [0.2, 0.25) is 0 Å². The number of amides is 1. The molecule has 1 amide bonds. The first-order valence-electron chi connectivity index (χ1n) is 8.72. The largest absolute Gasteiger partial charge is 0.483 e. The van der Waals surface area contributed by atoms with Crippen LogP contribution in [0.2, 0.25) is 0 Å². The monoisotopic (exact) mass is 359 g/mol. The summed E-state index contributed by atoms with van der Waals surface area (Å²) in [7, 11) is 0. The Labute approximate surface area is 158 Å². The Kier molecular flexibility index (Phi) is 5.67. The molecule has 0 saturated heterocycles. The molecule has 3 aromatic rings. The Morgan fingerprint density at radius 1 is 0.852 bits per heavy atom. The number of ketones is 1. The maximum atomic E-state index is 12.4. The van der Waals surface area contributed by atoms with Crippen LogP contribution in [0.25, 0.3) is 0 Å². The van der Waals surface area contributed by atoms with Gasteiger partial charge < -0.3 is 10.1 Å². The Balaban J connectivity index is 1.57. The first-order valence-corrected chi connectivity index (χ1v) is 8.72. The van der Waals surface area contributed by atoms with Gasteiger partial charge in [-0.3, -0.25) is 9.59 Å². The van der Waals surface area contributed by atoms with Crippen LogP contribution in [0.5, 0.6) is 5.75 Å². The van der Waals surface area contributed by atoms with E-state index in [1.807, 2.05) is 50.2 Å². The molecule has 27 heavy (non-hydrogen) atoms. The zero-order valence-electron chi connectivity index (χ0n) is 15.4. The molecule has 1 N–H and O–H groups in total. The Morgan fingerprint density at radius 3 is 2.19 bits per heavy atom. The number of aryl methyl sites for hydroxylation is 2. The topological polar surface area (TPSA) is 55.4 Å². The lowest BCUT2D eigenvalue weighted by atomic mass is 10.0. The molecule has 0 aliphatic carbocycles. The first-order chi connectivity index (χ1) is 13.0. The number of anilines is 1. The number of carbonyl (C=O) groups excluding carboxylic acids is 2. The van der Waals surface area contributed by atoms with Crippen LogP contribution in [-0.2, 0) is 4.79 Å². The van der Waals surface area contributed by atoms with Crippen molar-refractivity contribution < 1.29 is 14.3 Å². The average Bonchev–Trinajstić information content (AvgIpc) is 2.68. The molecule has 0 unspecified atom stereocenters.